The Hall–Kier alpha value is -3.68. The van der Waals surface area contributed by atoms with Crippen molar-refractivity contribution in [3.8, 4) is 5.75 Å². The molecule has 2 aromatic carbocycles. The minimum Gasteiger partial charge on any atom is -0.497 e. The Balaban J connectivity index is 1.93. The number of rotatable bonds is 7. The van der Waals surface area contributed by atoms with Gasteiger partial charge in [0.05, 0.1) is 19.2 Å². The molecule has 2 aromatic rings. The number of benzene rings is 2. The second-order valence-corrected chi connectivity index (χ2v) is 8.59. The van der Waals surface area contributed by atoms with E-state index in [1.165, 1.54) is 11.8 Å². The summed E-state index contributed by atoms with van der Waals surface area (Å²) in [5.41, 5.74) is 0.705. The highest BCUT2D eigenvalue weighted by Gasteiger charge is 2.48. The monoisotopic (exact) mass is 451 g/mol. The van der Waals surface area contributed by atoms with Crippen molar-refractivity contribution >= 4 is 35.0 Å². The van der Waals surface area contributed by atoms with Gasteiger partial charge in [-0.2, -0.15) is 0 Å². The zero-order chi connectivity index (χ0) is 24.3. The third-order valence-electron chi connectivity index (χ3n) is 5.95. The molecule has 1 unspecified atom stereocenters. The summed E-state index contributed by atoms with van der Waals surface area (Å²) in [7, 11) is 1.55. The first-order valence-electron chi connectivity index (χ1n) is 10.8. The molecule has 1 saturated heterocycles. The second-order valence-electron chi connectivity index (χ2n) is 8.59. The summed E-state index contributed by atoms with van der Waals surface area (Å²) >= 11 is 0. The van der Waals surface area contributed by atoms with E-state index in [-0.39, 0.29) is 24.1 Å². The Labute approximate surface area is 193 Å². The maximum atomic E-state index is 13.5. The zero-order valence-electron chi connectivity index (χ0n) is 19.5. The number of hydrogen-bond donors (Lipinski definition) is 1. The molecule has 0 radical (unpaired) electrons. The van der Waals surface area contributed by atoms with E-state index in [9.17, 15) is 19.2 Å². The Morgan fingerprint density at radius 1 is 1.09 bits per heavy atom. The van der Waals surface area contributed by atoms with Crippen molar-refractivity contribution in [3.63, 3.8) is 0 Å². The molecule has 1 aliphatic rings. The molecule has 3 rings (SSSR count). The lowest BCUT2D eigenvalue weighted by atomic mass is 9.94. The van der Waals surface area contributed by atoms with E-state index in [1.54, 1.807) is 55.6 Å². The van der Waals surface area contributed by atoms with E-state index in [0.717, 1.165) is 4.90 Å². The molecule has 8 nitrogen and oxygen atoms in total. The van der Waals surface area contributed by atoms with Crippen LogP contribution >= 0.6 is 0 Å². The Bertz CT molecular complexity index is 1060. The van der Waals surface area contributed by atoms with Crippen LogP contribution in [0.5, 0.6) is 5.75 Å². The van der Waals surface area contributed by atoms with Gasteiger partial charge in [-0.05, 0) is 68.8 Å². The summed E-state index contributed by atoms with van der Waals surface area (Å²) in [6.07, 6.45) is 0.496. The third-order valence-corrected chi connectivity index (χ3v) is 5.95. The standard InChI is InChI=1S/C25H29N3O5/c1-6-25(3,4)28(23(31)17-7-13-20(33-5)14-8-17)21-15-22(30)27(24(21)32)19-11-9-18(10-12-19)26-16(2)29/h7-14,21H,6,15H2,1-5H3,(H,26,29). The highest BCUT2D eigenvalue weighted by Crippen LogP contribution is 2.33. The minimum atomic E-state index is -0.919. The Kier molecular flexibility index (Phi) is 6.86. The van der Waals surface area contributed by atoms with Gasteiger partial charge in [0, 0.05) is 23.7 Å². The molecule has 0 bridgehead atoms. The van der Waals surface area contributed by atoms with Crippen LogP contribution in [0.1, 0.15) is 50.9 Å². The van der Waals surface area contributed by atoms with Crippen molar-refractivity contribution in [2.24, 2.45) is 0 Å². The van der Waals surface area contributed by atoms with Gasteiger partial charge in [-0.15, -0.1) is 0 Å². The first-order chi connectivity index (χ1) is 15.6. The van der Waals surface area contributed by atoms with Crippen LogP contribution in [-0.4, -0.2) is 47.2 Å². The Morgan fingerprint density at radius 2 is 1.70 bits per heavy atom. The molecule has 1 fully saturated rings. The topological polar surface area (TPSA) is 96.0 Å². The summed E-state index contributed by atoms with van der Waals surface area (Å²) in [4.78, 5) is 53.8. The molecule has 174 valence electrons. The first kappa shape index (κ1) is 24.0. The molecule has 0 aromatic heterocycles. The highest BCUT2D eigenvalue weighted by molar-refractivity contribution is 6.23. The fourth-order valence-corrected chi connectivity index (χ4v) is 3.87. The maximum Gasteiger partial charge on any atom is 0.257 e. The van der Waals surface area contributed by atoms with E-state index in [2.05, 4.69) is 5.32 Å². The molecule has 4 amide bonds. The number of carbonyl (C=O) groups excluding carboxylic acids is 4. The van der Waals surface area contributed by atoms with Crippen LogP contribution in [0.25, 0.3) is 0 Å². The molecular formula is C25H29N3O5. The Morgan fingerprint density at radius 3 is 2.21 bits per heavy atom. The number of methoxy groups -OCH3 is 1. The molecule has 1 heterocycles. The van der Waals surface area contributed by atoms with Crippen LogP contribution in [0, 0.1) is 0 Å². The quantitative estimate of drug-likeness (QED) is 0.649. The summed E-state index contributed by atoms with van der Waals surface area (Å²) in [6.45, 7) is 7.11. The minimum absolute atomic E-state index is 0.0996. The van der Waals surface area contributed by atoms with Gasteiger partial charge in [0.25, 0.3) is 11.8 Å². The van der Waals surface area contributed by atoms with Gasteiger partial charge in [0.15, 0.2) is 0 Å². The van der Waals surface area contributed by atoms with Crippen molar-refractivity contribution in [3.05, 3.63) is 54.1 Å². The number of nitrogens with zero attached hydrogens (tertiary/aromatic N) is 2. The number of hydrogen-bond acceptors (Lipinski definition) is 5. The van der Waals surface area contributed by atoms with Crippen molar-refractivity contribution in [1.29, 1.82) is 0 Å². The fourth-order valence-electron chi connectivity index (χ4n) is 3.87. The molecule has 0 spiro atoms. The largest absolute Gasteiger partial charge is 0.497 e. The molecular weight excluding hydrogens is 422 g/mol. The smallest absolute Gasteiger partial charge is 0.257 e. The van der Waals surface area contributed by atoms with E-state index in [1.807, 2.05) is 20.8 Å². The van der Waals surface area contributed by atoms with E-state index >= 15 is 0 Å². The van der Waals surface area contributed by atoms with Crippen molar-refractivity contribution in [1.82, 2.24) is 4.90 Å². The number of ether oxygens (including phenoxy) is 1. The molecule has 1 atom stereocenters. The van der Waals surface area contributed by atoms with Gasteiger partial charge in [-0.25, -0.2) is 4.90 Å². The maximum absolute atomic E-state index is 13.5. The number of imide groups is 1. The lowest BCUT2D eigenvalue weighted by molar-refractivity contribution is -0.123. The van der Waals surface area contributed by atoms with Crippen LogP contribution in [0.2, 0.25) is 0 Å². The second kappa shape index (κ2) is 9.44. The van der Waals surface area contributed by atoms with Gasteiger partial charge < -0.3 is 15.0 Å². The van der Waals surface area contributed by atoms with Gasteiger partial charge in [0.1, 0.15) is 11.8 Å². The van der Waals surface area contributed by atoms with Crippen LogP contribution in [-0.2, 0) is 14.4 Å². The van der Waals surface area contributed by atoms with Gasteiger partial charge in [-0.1, -0.05) is 6.92 Å². The van der Waals surface area contributed by atoms with Crippen LogP contribution < -0.4 is 15.0 Å². The molecule has 0 aliphatic carbocycles. The van der Waals surface area contributed by atoms with E-state index in [0.29, 0.717) is 29.1 Å². The molecule has 1 N–H and O–H groups in total. The lowest BCUT2D eigenvalue weighted by Crippen LogP contribution is -2.55. The van der Waals surface area contributed by atoms with E-state index in [4.69, 9.17) is 4.74 Å². The average molecular weight is 452 g/mol. The first-order valence-corrected chi connectivity index (χ1v) is 10.8. The van der Waals surface area contributed by atoms with Crippen molar-refractivity contribution < 1.29 is 23.9 Å². The van der Waals surface area contributed by atoms with Gasteiger partial charge in [0.2, 0.25) is 11.8 Å². The molecule has 33 heavy (non-hydrogen) atoms. The summed E-state index contributed by atoms with van der Waals surface area (Å²) in [5, 5.41) is 2.65. The normalized spacial score (nSPS) is 16.0. The zero-order valence-corrected chi connectivity index (χ0v) is 19.5. The van der Waals surface area contributed by atoms with Crippen LogP contribution in [0.3, 0.4) is 0 Å². The number of amides is 4. The molecule has 1 aliphatic heterocycles. The highest BCUT2D eigenvalue weighted by atomic mass is 16.5. The summed E-state index contributed by atoms with van der Waals surface area (Å²) in [5.74, 6) is -0.745. The summed E-state index contributed by atoms with van der Waals surface area (Å²) < 4.78 is 5.17. The average Bonchev–Trinajstić information content (AvgIpc) is 3.07. The van der Waals surface area contributed by atoms with Crippen LogP contribution in [0.4, 0.5) is 11.4 Å². The van der Waals surface area contributed by atoms with E-state index < -0.39 is 17.5 Å². The van der Waals surface area contributed by atoms with Crippen LogP contribution in [0.15, 0.2) is 48.5 Å². The molecule has 0 saturated carbocycles. The SMILES string of the molecule is CCC(C)(C)N(C(=O)c1ccc(OC)cc1)C1CC(=O)N(c2ccc(NC(C)=O)cc2)C1=O. The molecule has 8 heteroatoms. The van der Waals surface area contributed by atoms with Crippen molar-refractivity contribution in [2.75, 3.05) is 17.3 Å². The predicted octanol–water partition coefficient (Wildman–Crippen LogP) is 3.62. The number of anilines is 2. The number of nitrogens with one attached hydrogen (secondary N) is 1. The van der Waals surface area contributed by atoms with Gasteiger partial charge >= 0.3 is 0 Å². The van der Waals surface area contributed by atoms with Gasteiger partial charge in [-0.3, -0.25) is 19.2 Å². The van der Waals surface area contributed by atoms with Crippen molar-refractivity contribution in [2.45, 2.75) is 52.1 Å². The predicted molar refractivity (Wildman–Crippen MR) is 125 cm³/mol. The fraction of sp³-hybridized carbons (Fsp3) is 0.360. The summed E-state index contributed by atoms with van der Waals surface area (Å²) in [6, 6.07) is 12.2. The number of carbonyl (C=O) groups is 4. The lowest BCUT2D eigenvalue weighted by Gasteiger charge is -2.41. The third kappa shape index (κ3) is 4.89.